The van der Waals surface area contributed by atoms with Crippen LogP contribution in [0.25, 0.3) is 0 Å². The van der Waals surface area contributed by atoms with Crippen molar-refractivity contribution in [3.05, 3.63) is 23.8 Å². The molecule has 2 N–H and O–H groups in total. The summed E-state index contributed by atoms with van der Waals surface area (Å²) < 4.78 is 0. The number of likely N-dealkylation sites (tertiary alicyclic amines) is 1. The van der Waals surface area contributed by atoms with Crippen LogP contribution < -0.4 is 10.6 Å². The molecule has 0 bridgehead atoms. The summed E-state index contributed by atoms with van der Waals surface area (Å²) in [6.45, 7) is 4.19. The number of carbonyl (C=O) groups is 2. The Bertz CT molecular complexity index is 621. The van der Waals surface area contributed by atoms with Crippen molar-refractivity contribution in [1.29, 1.82) is 0 Å². The molecule has 2 aliphatic heterocycles. The van der Waals surface area contributed by atoms with E-state index in [9.17, 15) is 9.59 Å². The van der Waals surface area contributed by atoms with Crippen LogP contribution in [0.4, 0.5) is 11.4 Å². The van der Waals surface area contributed by atoms with Crippen LogP contribution in [0, 0.1) is 5.92 Å². The third-order valence-corrected chi connectivity index (χ3v) is 5.21. The summed E-state index contributed by atoms with van der Waals surface area (Å²) >= 11 is 0. The van der Waals surface area contributed by atoms with Crippen molar-refractivity contribution in [3.8, 4) is 0 Å². The molecule has 1 saturated heterocycles. The van der Waals surface area contributed by atoms with Gasteiger partial charge in [0.25, 0.3) is 0 Å². The molecule has 1 fully saturated rings. The lowest BCUT2D eigenvalue weighted by atomic mass is 9.92. The second-order valence-corrected chi connectivity index (χ2v) is 6.84. The number of piperidine rings is 1. The Morgan fingerprint density at radius 3 is 2.67 bits per heavy atom. The van der Waals surface area contributed by atoms with Gasteiger partial charge in [-0.15, -0.1) is 0 Å². The lowest BCUT2D eigenvalue weighted by Crippen LogP contribution is -2.45. The van der Waals surface area contributed by atoms with Crippen LogP contribution in [0.3, 0.4) is 0 Å². The first kappa shape index (κ1) is 16.8. The third-order valence-electron chi connectivity index (χ3n) is 5.21. The first-order valence-electron chi connectivity index (χ1n) is 9.08. The van der Waals surface area contributed by atoms with E-state index in [0.29, 0.717) is 19.5 Å². The largest absolute Gasteiger partial charge is 0.398 e. The minimum atomic E-state index is 0.0167. The van der Waals surface area contributed by atoms with E-state index >= 15 is 0 Å². The van der Waals surface area contributed by atoms with Crippen molar-refractivity contribution in [2.24, 2.45) is 5.92 Å². The highest BCUT2D eigenvalue weighted by Gasteiger charge is 2.32. The van der Waals surface area contributed by atoms with E-state index in [1.807, 2.05) is 34.9 Å². The van der Waals surface area contributed by atoms with Gasteiger partial charge in [-0.1, -0.05) is 13.0 Å². The van der Waals surface area contributed by atoms with Gasteiger partial charge >= 0.3 is 0 Å². The molecule has 0 radical (unpaired) electrons. The average molecular weight is 329 g/mol. The van der Waals surface area contributed by atoms with Crippen molar-refractivity contribution in [3.63, 3.8) is 0 Å². The van der Waals surface area contributed by atoms with E-state index in [2.05, 4.69) is 0 Å². The molecule has 0 aromatic heterocycles. The zero-order valence-corrected chi connectivity index (χ0v) is 14.5. The maximum absolute atomic E-state index is 13.0. The summed E-state index contributed by atoms with van der Waals surface area (Å²) in [5.41, 5.74) is 8.95. The molecule has 1 aromatic carbocycles. The molecule has 0 saturated carbocycles. The van der Waals surface area contributed by atoms with Crippen LogP contribution >= 0.6 is 0 Å². The summed E-state index contributed by atoms with van der Waals surface area (Å²) in [6, 6.07) is 5.83. The molecule has 130 valence electrons. The van der Waals surface area contributed by atoms with Gasteiger partial charge in [-0.25, -0.2) is 0 Å². The van der Waals surface area contributed by atoms with Crippen LogP contribution in [0.15, 0.2) is 18.2 Å². The highest BCUT2D eigenvalue weighted by Crippen LogP contribution is 2.33. The Hall–Kier alpha value is -2.04. The van der Waals surface area contributed by atoms with Gasteiger partial charge in [-0.2, -0.15) is 0 Å². The van der Waals surface area contributed by atoms with E-state index < -0.39 is 0 Å². The molecule has 5 nitrogen and oxygen atoms in total. The lowest BCUT2D eigenvalue weighted by molar-refractivity contribution is -0.135. The molecule has 1 aromatic rings. The van der Waals surface area contributed by atoms with Gasteiger partial charge in [0.05, 0.1) is 0 Å². The van der Waals surface area contributed by atoms with E-state index in [1.165, 1.54) is 0 Å². The molecular weight excluding hydrogens is 302 g/mol. The van der Waals surface area contributed by atoms with E-state index in [4.69, 9.17) is 5.73 Å². The van der Waals surface area contributed by atoms with Crippen LogP contribution in [-0.2, 0) is 16.0 Å². The fourth-order valence-electron chi connectivity index (χ4n) is 3.85. The van der Waals surface area contributed by atoms with E-state index in [-0.39, 0.29) is 17.7 Å². The normalized spacial score (nSPS) is 18.4. The van der Waals surface area contributed by atoms with Gasteiger partial charge in [0, 0.05) is 43.3 Å². The standard InChI is InChI=1S/C19H27N3O2/c1-2-5-18(23)21-12-9-14(10-13-21)19(24)22-11-4-6-15-16(20)7-3-8-17(15)22/h3,7-8,14H,2,4-6,9-13,20H2,1H3. The first-order chi connectivity index (χ1) is 11.6. The monoisotopic (exact) mass is 329 g/mol. The molecule has 2 aliphatic rings. The maximum atomic E-state index is 13.0. The molecule has 24 heavy (non-hydrogen) atoms. The number of benzene rings is 1. The molecule has 0 atom stereocenters. The number of hydrogen-bond acceptors (Lipinski definition) is 3. The Morgan fingerprint density at radius 2 is 1.96 bits per heavy atom. The van der Waals surface area contributed by atoms with Gasteiger partial charge in [-0.05, 0) is 49.8 Å². The number of fused-ring (bicyclic) bond motifs is 1. The fraction of sp³-hybridized carbons (Fsp3) is 0.579. The molecule has 3 rings (SSSR count). The summed E-state index contributed by atoms with van der Waals surface area (Å²) in [7, 11) is 0. The lowest BCUT2D eigenvalue weighted by Gasteiger charge is -2.36. The number of anilines is 2. The Balaban J connectivity index is 1.67. The quantitative estimate of drug-likeness (QED) is 0.867. The molecule has 0 aliphatic carbocycles. The fourth-order valence-corrected chi connectivity index (χ4v) is 3.85. The van der Waals surface area contributed by atoms with E-state index in [0.717, 1.165) is 55.6 Å². The van der Waals surface area contributed by atoms with Gasteiger partial charge in [-0.3, -0.25) is 9.59 Å². The first-order valence-corrected chi connectivity index (χ1v) is 9.08. The summed E-state index contributed by atoms with van der Waals surface area (Å²) in [6.07, 6.45) is 4.92. The van der Waals surface area contributed by atoms with Crippen molar-refractivity contribution in [2.45, 2.75) is 45.4 Å². The summed E-state index contributed by atoms with van der Waals surface area (Å²) in [5, 5.41) is 0. The van der Waals surface area contributed by atoms with Crippen molar-refractivity contribution in [2.75, 3.05) is 30.3 Å². The molecule has 0 spiro atoms. The number of amides is 2. The number of nitrogens with zero attached hydrogens (tertiary/aromatic N) is 2. The number of nitrogens with two attached hydrogens (primary N) is 1. The number of rotatable bonds is 3. The predicted octanol–water partition coefficient (Wildman–Crippen LogP) is 2.59. The second kappa shape index (κ2) is 7.24. The predicted molar refractivity (Wildman–Crippen MR) is 95.7 cm³/mol. The number of hydrogen-bond donors (Lipinski definition) is 1. The van der Waals surface area contributed by atoms with Crippen LogP contribution in [0.1, 0.15) is 44.6 Å². The maximum Gasteiger partial charge on any atom is 0.230 e. The topological polar surface area (TPSA) is 66.6 Å². The zero-order chi connectivity index (χ0) is 17.1. The van der Waals surface area contributed by atoms with Gasteiger partial charge in [0.15, 0.2) is 0 Å². The number of nitrogen functional groups attached to an aromatic ring is 1. The molecule has 2 heterocycles. The van der Waals surface area contributed by atoms with Crippen LogP contribution in [0.5, 0.6) is 0 Å². The van der Waals surface area contributed by atoms with Gasteiger partial charge in [0.2, 0.25) is 11.8 Å². The minimum absolute atomic E-state index is 0.0167. The minimum Gasteiger partial charge on any atom is -0.398 e. The van der Waals surface area contributed by atoms with Crippen LogP contribution in [-0.4, -0.2) is 36.3 Å². The molecular formula is C19H27N3O2. The zero-order valence-electron chi connectivity index (χ0n) is 14.5. The van der Waals surface area contributed by atoms with Crippen molar-refractivity contribution >= 4 is 23.2 Å². The van der Waals surface area contributed by atoms with Gasteiger partial charge < -0.3 is 15.5 Å². The van der Waals surface area contributed by atoms with Crippen molar-refractivity contribution < 1.29 is 9.59 Å². The Morgan fingerprint density at radius 1 is 1.21 bits per heavy atom. The molecule has 5 heteroatoms. The second-order valence-electron chi connectivity index (χ2n) is 6.84. The highest BCUT2D eigenvalue weighted by molar-refractivity contribution is 5.97. The smallest absolute Gasteiger partial charge is 0.230 e. The Kier molecular flexibility index (Phi) is 5.07. The SMILES string of the molecule is CCCC(=O)N1CCC(C(=O)N2CCCc3c(N)cccc32)CC1. The highest BCUT2D eigenvalue weighted by atomic mass is 16.2. The van der Waals surface area contributed by atoms with Crippen LogP contribution in [0.2, 0.25) is 0 Å². The number of carbonyl (C=O) groups excluding carboxylic acids is 2. The summed E-state index contributed by atoms with van der Waals surface area (Å²) in [4.78, 5) is 28.8. The molecule has 2 amide bonds. The Labute approximate surface area is 143 Å². The van der Waals surface area contributed by atoms with E-state index in [1.54, 1.807) is 0 Å². The van der Waals surface area contributed by atoms with Crippen molar-refractivity contribution in [1.82, 2.24) is 4.90 Å². The van der Waals surface area contributed by atoms with Gasteiger partial charge in [0.1, 0.15) is 0 Å². The third kappa shape index (κ3) is 3.25. The summed E-state index contributed by atoms with van der Waals surface area (Å²) in [5.74, 6) is 0.437. The average Bonchev–Trinajstić information content (AvgIpc) is 2.61. The molecule has 0 unspecified atom stereocenters.